The van der Waals surface area contributed by atoms with Gasteiger partial charge in [-0.2, -0.15) is 13.2 Å². The van der Waals surface area contributed by atoms with Gasteiger partial charge in [0.2, 0.25) is 11.8 Å². The van der Waals surface area contributed by atoms with Gasteiger partial charge in [-0.05, 0) is 30.3 Å². The fourth-order valence-corrected chi connectivity index (χ4v) is 3.73. The van der Waals surface area contributed by atoms with Gasteiger partial charge >= 0.3 is 6.18 Å². The third kappa shape index (κ3) is 5.12. The van der Waals surface area contributed by atoms with E-state index in [0.717, 1.165) is 16.7 Å². The number of hydrogen-bond acceptors (Lipinski definition) is 4. The molecule has 3 aromatic carbocycles. The molecule has 0 fully saturated rings. The molecule has 0 aliphatic rings. The van der Waals surface area contributed by atoms with Crippen molar-refractivity contribution in [3.8, 4) is 11.3 Å². The molecule has 0 unspecified atom stereocenters. The molecular formula is C26H21F3N4O3. The number of nitrogens with zero attached hydrogens (tertiary/aromatic N) is 2. The van der Waals surface area contributed by atoms with E-state index in [9.17, 15) is 27.6 Å². The lowest BCUT2D eigenvalue weighted by molar-refractivity contribution is -0.137. The summed E-state index contributed by atoms with van der Waals surface area (Å²) in [6.45, 7) is 1.14. The minimum absolute atomic E-state index is 0.0100. The molecular weight excluding hydrogens is 473 g/mol. The topological polar surface area (TPSA) is 93.1 Å². The first-order chi connectivity index (χ1) is 17.2. The fourth-order valence-electron chi connectivity index (χ4n) is 3.73. The second kappa shape index (κ2) is 10.0. The van der Waals surface area contributed by atoms with E-state index in [1.54, 1.807) is 55.5 Å². The molecule has 0 saturated heterocycles. The quantitative estimate of drug-likeness (QED) is 0.392. The molecule has 0 spiro atoms. The molecule has 36 heavy (non-hydrogen) atoms. The maximum absolute atomic E-state index is 13.5. The predicted molar refractivity (Wildman–Crippen MR) is 130 cm³/mol. The Morgan fingerprint density at radius 2 is 1.47 bits per heavy atom. The van der Waals surface area contributed by atoms with E-state index in [1.165, 1.54) is 12.1 Å². The molecule has 4 rings (SSSR count). The van der Waals surface area contributed by atoms with E-state index in [-0.39, 0.29) is 18.0 Å². The molecule has 0 atom stereocenters. The van der Waals surface area contributed by atoms with Gasteiger partial charge in [0.1, 0.15) is 12.2 Å². The Morgan fingerprint density at radius 1 is 0.861 bits per heavy atom. The van der Waals surface area contributed by atoms with Crippen LogP contribution in [0.1, 0.15) is 18.9 Å². The van der Waals surface area contributed by atoms with Crippen LogP contribution in [0.2, 0.25) is 0 Å². The van der Waals surface area contributed by atoms with Crippen LogP contribution in [0.15, 0.2) is 77.6 Å². The van der Waals surface area contributed by atoms with Gasteiger partial charge in [0.05, 0.1) is 28.0 Å². The number of rotatable bonds is 6. The van der Waals surface area contributed by atoms with Crippen LogP contribution in [0.5, 0.6) is 0 Å². The lowest BCUT2D eigenvalue weighted by Gasteiger charge is -2.16. The highest BCUT2D eigenvalue weighted by Crippen LogP contribution is 2.34. The van der Waals surface area contributed by atoms with E-state index in [2.05, 4.69) is 15.6 Å². The molecule has 184 valence electrons. The number of fused-ring (bicyclic) bond motifs is 1. The third-order valence-corrected chi connectivity index (χ3v) is 5.44. The third-order valence-electron chi connectivity index (χ3n) is 5.44. The molecule has 0 bridgehead atoms. The van der Waals surface area contributed by atoms with Gasteiger partial charge < -0.3 is 10.6 Å². The highest BCUT2D eigenvalue weighted by molar-refractivity contribution is 5.96. The second-order valence-corrected chi connectivity index (χ2v) is 7.88. The smallest absolute Gasteiger partial charge is 0.325 e. The number of hydrogen-bond donors (Lipinski definition) is 2. The predicted octanol–water partition coefficient (Wildman–Crippen LogP) is 5.07. The molecule has 1 heterocycles. The molecule has 0 aliphatic carbocycles. The van der Waals surface area contributed by atoms with Crippen LogP contribution in [0.25, 0.3) is 22.3 Å². The SMILES string of the molecule is CCC(=O)Nc1ccccc1-c1nc2ccccc2n(CC(=O)Nc2ccccc2C(F)(F)F)c1=O. The summed E-state index contributed by atoms with van der Waals surface area (Å²) in [5.41, 5.74) is -0.588. The second-order valence-electron chi connectivity index (χ2n) is 7.88. The van der Waals surface area contributed by atoms with Crippen molar-refractivity contribution in [2.45, 2.75) is 26.1 Å². The lowest BCUT2D eigenvalue weighted by atomic mass is 10.1. The number of carbonyl (C=O) groups is 2. The molecule has 0 aliphatic heterocycles. The number of anilines is 2. The zero-order chi connectivity index (χ0) is 25.9. The monoisotopic (exact) mass is 494 g/mol. The largest absolute Gasteiger partial charge is 0.418 e. The number of benzene rings is 3. The molecule has 4 aromatic rings. The number of amides is 2. The standard InChI is InChI=1S/C26H21F3N4O3/c1-2-22(34)30-18-11-5-3-9-16(18)24-25(36)33(21-14-8-7-13-20(21)32-24)15-23(35)31-19-12-6-4-10-17(19)26(27,28)29/h3-14H,2,15H2,1H3,(H,30,34)(H,31,35). The Morgan fingerprint density at radius 3 is 2.19 bits per heavy atom. The first-order valence-electron chi connectivity index (χ1n) is 11.0. The summed E-state index contributed by atoms with van der Waals surface area (Å²) >= 11 is 0. The summed E-state index contributed by atoms with van der Waals surface area (Å²) in [6, 6.07) is 17.8. The summed E-state index contributed by atoms with van der Waals surface area (Å²) in [7, 11) is 0. The first kappa shape index (κ1) is 24.6. The van der Waals surface area contributed by atoms with Crippen molar-refractivity contribution in [1.82, 2.24) is 9.55 Å². The van der Waals surface area contributed by atoms with Gasteiger partial charge in [-0.1, -0.05) is 49.4 Å². The summed E-state index contributed by atoms with van der Waals surface area (Å²) in [4.78, 5) is 42.8. The van der Waals surface area contributed by atoms with Crippen molar-refractivity contribution in [3.63, 3.8) is 0 Å². The van der Waals surface area contributed by atoms with Gasteiger partial charge in [0.15, 0.2) is 0 Å². The molecule has 10 heteroatoms. The molecule has 1 aromatic heterocycles. The number of para-hydroxylation sites is 4. The molecule has 7 nitrogen and oxygen atoms in total. The lowest BCUT2D eigenvalue weighted by Crippen LogP contribution is -2.30. The Kier molecular flexibility index (Phi) is 6.86. The van der Waals surface area contributed by atoms with Crippen LogP contribution >= 0.6 is 0 Å². The number of alkyl halides is 3. The zero-order valence-corrected chi connectivity index (χ0v) is 19.1. The summed E-state index contributed by atoms with van der Waals surface area (Å²) < 4.78 is 41.2. The maximum atomic E-state index is 13.5. The van der Waals surface area contributed by atoms with Crippen molar-refractivity contribution in [2.24, 2.45) is 0 Å². The Bertz CT molecular complexity index is 1510. The normalized spacial score (nSPS) is 11.3. The first-order valence-corrected chi connectivity index (χ1v) is 11.0. The average molecular weight is 494 g/mol. The van der Waals surface area contributed by atoms with E-state index in [0.29, 0.717) is 22.3 Å². The Labute approximate surface area is 203 Å². The van der Waals surface area contributed by atoms with Crippen molar-refractivity contribution < 1.29 is 22.8 Å². The van der Waals surface area contributed by atoms with Crippen LogP contribution in [0.3, 0.4) is 0 Å². The summed E-state index contributed by atoms with van der Waals surface area (Å²) in [5.74, 6) is -1.07. The highest BCUT2D eigenvalue weighted by atomic mass is 19.4. The number of nitrogens with one attached hydrogen (secondary N) is 2. The van der Waals surface area contributed by atoms with Crippen molar-refractivity contribution >= 4 is 34.2 Å². The molecule has 0 radical (unpaired) electrons. The van der Waals surface area contributed by atoms with Crippen LogP contribution < -0.4 is 16.2 Å². The van der Waals surface area contributed by atoms with Crippen molar-refractivity contribution in [3.05, 3.63) is 88.7 Å². The average Bonchev–Trinajstić information content (AvgIpc) is 2.85. The van der Waals surface area contributed by atoms with Crippen LogP contribution in [0, 0.1) is 0 Å². The van der Waals surface area contributed by atoms with Gasteiger partial charge in [0.25, 0.3) is 5.56 Å². The fraction of sp³-hybridized carbons (Fsp3) is 0.154. The molecule has 2 amide bonds. The van der Waals surface area contributed by atoms with E-state index in [4.69, 9.17) is 0 Å². The number of aromatic nitrogens is 2. The Balaban J connectivity index is 1.78. The summed E-state index contributed by atoms with van der Waals surface area (Å²) in [5, 5.41) is 5.00. The Hall–Kier alpha value is -4.47. The number of halogens is 3. The van der Waals surface area contributed by atoms with Crippen molar-refractivity contribution in [2.75, 3.05) is 10.6 Å². The zero-order valence-electron chi connectivity index (χ0n) is 19.1. The van der Waals surface area contributed by atoms with Crippen molar-refractivity contribution in [1.29, 1.82) is 0 Å². The van der Waals surface area contributed by atoms with E-state index >= 15 is 0 Å². The van der Waals surface area contributed by atoms with Gasteiger partial charge in [-0.25, -0.2) is 4.98 Å². The number of carbonyl (C=O) groups excluding carboxylic acids is 2. The molecule has 2 N–H and O–H groups in total. The van der Waals surface area contributed by atoms with Crippen LogP contribution in [-0.4, -0.2) is 21.4 Å². The highest BCUT2D eigenvalue weighted by Gasteiger charge is 2.33. The van der Waals surface area contributed by atoms with Gasteiger partial charge in [-0.15, -0.1) is 0 Å². The summed E-state index contributed by atoms with van der Waals surface area (Å²) in [6.07, 6.45) is -4.44. The van der Waals surface area contributed by atoms with Crippen LogP contribution in [-0.2, 0) is 22.3 Å². The minimum Gasteiger partial charge on any atom is -0.325 e. The van der Waals surface area contributed by atoms with Gasteiger partial charge in [-0.3, -0.25) is 19.0 Å². The van der Waals surface area contributed by atoms with Crippen LogP contribution in [0.4, 0.5) is 24.5 Å². The minimum atomic E-state index is -4.66. The van der Waals surface area contributed by atoms with Gasteiger partial charge in [0, 0.05) is 12.0 Å². The maximum Gasteiger partial charge on any atom is 0.418 e. The van der Waals surface area contributed by atoms with E-state index in [1.807, 2.05) is 0 Å². The van der Waals surface area contributed by atoms with E-state index < -0.39 is 35.4 Å². The molecule has 0 saturated carbocycles.